The van der Waals surface area contributed by atoms with E-state index in [1.54, 1.807) is 33.4 Å². The summed E-state index contributed by atoms with van der Waals surface area (Å²) in [6.45, 7) is 4.45. The number of carbonyl (C=O) groups is 2. The molecule has 7 heteroatoms. The molecule has 2 aromatic rings. The summed E-state index contributed by atoms with van der Waals surface area (Å²) in [6.07, 6.45) is 3.50. The van der Waals surface area contributed by atoms with E-state index >= 15 is 0 Å². The third-order valence-corrected chi connectivity index (χ3v) is 5.51. The van der Waals surface area contributed by atoms with E-state index in [1.807, 2.05) is 53.4 Å². The van der Waals surface area contributed by atoms with E-state index in [-0.39, 0.29) is 13.2 Å². The lowest BCUT2D eigenvalue weighted by molar-refractivity contribution is -0.139. The van der Waals surface area contributed by atoms with Crippen LogP contribution in [0.4, 0.5) is 0 Å². The minimum absolute atomic E-state index is 0.236. The molecule has 0 amide bonds. The average Bonchev–Trinajstić information content (AvgIpc) is 2.80. The number of carbonyl (C=O) groups excluding carboxylic acids is 2. The molecule has 0 saturated carbocycles. The van der Waals surface area contributed by atoms with E-state index in [0.29, 0.717) is 17.7 Å². The summed E-state index contributed by atoms with van der Waals surface area (Å²) in [5.41, 5.74) is 2.56. The Balaban J connectivity index is 2.04. The maximum absolute atomic E-state index is 12.9. The van der Waals surface area contributed by atoms with Crippen LogP contribution in [-0.4, -0.2) is 37.2 Å². The van der Waals surface area contributed by atoms with Crippen molar-refractivity contribution >= 4 is 27.9 Å². The molecule has 168 valence electrons. The molecular formula is C25H26BrNO5. The summed E-state index contributed by atoms with van der Waals surface area (Å²) in [5, 5.41) is 0. The Morgan fingerprint density at radius 2 is 1.41 bits per heavy atom. The van der Waals surface area contributed by atoms with Crippen molar-refractivity contribution in [3.8, 4) is 5.75 Å². The van der Waals surface area contributed by atoms with Gasteiger partial charge in [0.25, 0.3) is 0 Å². The molecule has 0 saturated heterocycles. The zero-order chi connectivity index (χ0) is 23.1. The van der Waals surface area contributed by atoms with Crippen molar-refractivity contribution in [2.45, 2.75) is 26.3 Å². The van der Waals surface area contributed by atoms with Crippen molar-refractivity contribution in [2.75, 3.05) is 20.3 Å². The van der Waals surface area contributed by atoms with E-state index in [0.717, 1.165) is 21.3 Å². The van der Waals surface area contributed by atoms with Crippen molar-refractivity contribution < 1.29 is 23.8 Å². The van der Waals surface area contributed by atoms with Crippen LogP contribution in [0.25, 0.3) is 0 Å². The number of rotatable bonds is 8. The minimum atomic E-state index is -0.590. The van der Waals surface area contributed by atoms with Crippen LogP contribution in [0.3, 0.4) is 0 Å². The molecule has 0 atom stereocenters. The molecule has 0 N–H and O–H groups in total. The van der Waals surface area contributed by atoms with E-state index in [4.69, 9.17) is 14.2 Å². The summed E-state index contributed by atoms with van der Waals surface area (Å²) in [4.78, 5) is 27.7. The Hall–Kier alpha value is -3.06. The standard InChI is InChI=1S/C25H26BrNO5/c1-4-31-24(28)21-15-27(14-17-6-12-20(30-3)13-7-17)16-22(25(29)32-5-2)23(21)18-8-10-19(26)11-9-18/h6-13,15-16,23H,4-5,14H2,1-3H3. The molecule has 2 aromatic carbocycles. The van der Waals surface area contributed by atoms with Gasteiger partial charge in [0.2, 0.25) is 0 Å². The second-order valence-electron chi connectivity index (χ2n) is 7.11. The first-order chi connectivity index (χ1) is 15.5. The van der Waals surface area contributed by atoms with E-state index in [2.05, 4.69) is 15.9 Å². The lowest BCUT2D eigenvalue weighted by Gasteiger charge is -2.30. The van der Waals surface area contributed by atoms with Gasteiger partial charge in [-0.2, -0.15) is 0 Å². The van der Waals surface area contributed by atoms with Crippen LogP contribution in [0, 0.1) is 0 Å². The van der Waals surface area contributed by atoms with Gasteiger partial charge in [-0.3, -0.25) is 0 Å². The largest absolute Gasteiger partial charge is 0.497 e. The molecule has 0 aromatic heterocycles. The molecule has 0 fully saturated rings. The zero-order valence-corrected chi connectivity index (χ0v) is 19.9. The highest BCUT2D eigenvalue weighted by Gasteiger charge is 2.35. The van der Waals surface area contributed by atoms with Gasteiger partial charge in [-0.25, -0.2) is 9.59 Å². The molecule has 1 aliphatic heterocycles. The monoisotopic (exact) mass is 499 g/mol. The quantitative estimate of drug-likeness (QED) is 0.478. The predicted octanol–water partition coefficient (Wildman–Crippen LogP) is 4.95. The maximum Gasteiger partial charge on any atom is 0.336 e. The maximum atomic E-state index is 12.9. The fraction of sp³-hybridized carbons (Fsp3) is 0.280. The molecule has 32 heavy (non-hydrogen) atoms. The fourth-order valence-electron chi connectivity index (χ4n) is 3.53. The van der Waals surface area contributed by atoms with Crippen molar-refractivity contribution in [2.24, 2.45) is 0 Å². The first-order valence-electron chi connectivity index (χ1n) is 10.4. The molecule has 1 heterocycles. The van der Waals surface area contributed by atoms with Gasteiger partial charge < -0.3 is 19.1 Å². The van der Waals surface area contributed by atoms with Crippen molar-refractivity contribution in [3.63, 3.8) is 0 Å². The molecule has 0 radical (unpaired) electrons. The van der Waals surface area contributed by atoms with Gasteiger partial charge in [0.15, 0.2) is 0 Å². The van der Waals surface area contributed by atoms with Gasteiger partial charge in [0, 0.05) is 23.4 Å². The molecule has 0 bridgehead atoms. The number of nitrogens with zero attached hydrogens (tertiary/aromatic N) is 1. The Morgan fingerprint density at radius 1 is 0.875 bits per heavy atom. The van der Waals surface area contributed by atoms with Gasteiger partial charge >= 0.3 is 11.9 Å². The number of halogens is 1. The van der Waals surface area contributed by atoms with Crippen LogP contribution < -0.4 is 4.74 Å². The highest BCUT2D eigenvalue weighted by molar-refractivity contribution is 9.10. The second-order valence-corrected chi connectivity index (χ2v) is 8.03. The van der Waals surface area contributed by atoms with Crippen LogP contribution in [0.15, 0.2) is 76.5 Å². The summed E-state index contributed by atoms with van der Waals surface area (Å²) < 4.78 is 16.8. The zero-order valence-electron chi connectivity index (χ0n) is 18.3. The summed E-state index contributed by atoms with van der Waals surface area (Å²) in [5.74, 6) is -0.758. The average molecular weight is 500 g/mol. The van der Waals surface area contributed by atoms with Gasteiger partial charge in [0.1, 0.15) is 5.75 Å². The topological polar surface area (TPSA) is 65.1 Å². The Kier molecular flexibility index (Phi) is 8.11. The predicted molar refractivity (Wildman–Crippen MR) is 125 cm³/mol. The SMILES string of the molecule is CCOC(=O)C1=CN(Cc2ccc(OC)cc2)C=C(C(=O)OCC)C1c1ccc(Br)cc1. The van der Waals surface area contributed by atoms with Crippen LogP contribution in [0.2, 0.25) is 0 Å². The third-order valence-electron chi connectivity index (χ3n) is 4.98. The molecule has 0 spiro atoms. The van der Waals surface area contributed by atoms with Gasteiger partial charge in [-0.15, -0.1) is 0 Å². The normalized spacial score (nSPS) is 13.8. The van der Waals surface area contributed by atoms with Gasteiger partial charge in [0.05, 0.1) is 37.4 Å². The molecule has 1 aliphatic rings. The smallest absolute Gasteiger partial charge is 0.336 e. The minimum Gasteiger partial charge on any atom is -0.497 e. The summed E-state index contributed by atoms with van der Waals surface area (Å²) in [7, 11) is 1.62. The van der Waals surface area contributed by atoms with Crippen molar-refractivity contribution in [1.29, 1.82) is 0 Å². The summed E-state index contributed by atoms with van der Waals surface area (Å²) in [6, 6.07) is 15.1. The van der Waals surface area contributed by atoms with Crippen LogP contribution in [0.1, 0.15) is 30.9 Å². The summed E-state index contributed by atoms with van der Waals surface area (Å²) >= 11 is 3.43. The molecule has 6 nitrogen and oxygen atoms in total. The van der Waals surface area contributed by atoms with Crippen LogP contribution in [-0.2, 0) is 25.6 Å². The third kappa shape index (κ3) is 5.59. The first kappa shape index (κ1) is 23.6. The highest BCUT2D eigenvalue weighted by atomic mass is 79.9. The van der Waals surface area contributed by atoms with Crippen LogP contribution >= 0.6 is 15.9 Å². The number of esters is 2. The van der Waals surface area contributed by atoms with E-state index < -0.39 is 17.9 Å². The molecule has 0 unspecified atom stereocenters. The lowest BCUT2D eigenvalue weighted by Crippen LogP contribution is -2.29. The Labute approximate surface area is 196 Å². The van der Waals surface area contributed by atoms with Gasteiger partial charge in [-0.1, -0.05) is 40.2 Å². The van der Waals surface area contributed by atoms with Crippen molar-refractivity contribution in [1.82, 2.24) is 4.90 Å². The fourth-order valence-corrected chi connectivity index (χ4v) is 3.79. The Morgan fingerprint density at radius 3 is 1.88 bits per heavy atom. The molecular weight excluding hydrogens is 474 g/mol. The van der Waals surface area contributed by atoms with E-state index in [9.17, 15) is 9.59 Å². The number of hydrogen-bond acceptors (Lipinski definition) is 6. The Bertz CT molecular complexity index is 976. The number of hydrogen-bond donors (Lipinski definition) is 0. The highest BCUT2D eigenvalue weighted by Crippen LogP contribution is 2.38. The molecule has 0 aliphatic carbocycles. The van der Waals surface area contributed by atoms with E-state index in [1.165, 1.54) is 0 Å². The lowest BCUT2D eigenvalue weighted by atomic mass is 9.83. The second kappa shape index (κ2) is 11.0. The number of ether oxygens (including phenoxy) is 3. The molecule has 3 rings (SSSR count). The van der Waals surface area contributed by atoms with Crippen molar-refractivity contribution in [3.05, 3.63) is 87.7 Å². The number of benzene rings is 2. The first-order valence-corrected chi connectivity index (χ1v) is 11.2. The van der Waals surface area contributed by atoms with Gasteiger partial charge in [-0.05, 0) is 49.2 Å². The van der Waals surface area contributed by atoms with Crippen LogP contribution in [0.5, 0.6) is 5.75 Å². The number of methoxy groups -OCH3 is 1.